The molecule has 1 aliphatic rings. The number of anilines is 2. The van der Waals surface area contributed by atoms with Crippen LogP contribution in [0.3, 0.4) is 0 Å². The van der Waals surface area contributed by atoms with Gasteiger partial charge in [-0.05, 0) is 83.8 Å². The second kappa shape index (κ2) is 16.2. The van der Waals surface area contributed by atoms with Crippen LogP contribution in [0.5, 0.6) is 17.2 Å². The molecule has 1 aromatic heterocycles. The van der Waals surface area contributed by atoms with Crippen molar-refractivity contribution in [1.29, 1.82) is 0 Å². The van der Waals surface area contributed by atoms with Crippen molar-refractivity contribution in [1.82, 2.24) is 15.3 Å². The summed E-state index contributed by atoms with van der Waals surface area (Å²) in [4.78, 5) is 48.5. The highest BCUT2D eigenvalue weighted by atomic mass is 16.5. The van der Waals surface area contributed by atoms with Crippen molar-refractivity contribution < 1.29 is 23.8 Å². The van der Waals surface area contributed by atoms with Crippen molar-refractivity contribution in [2.24, 2.45) is 5.92 Å². The lowest BCUT2D eigenvalue weighted by Crippen LogP contribution is -2.40. The zero-order chi connectivity index (χ0) is 37.6. The van der Waals surface area contributed by atoms with E-state index in [4.69, 9.17) is 19.2 Å². The van der Waals surface area contributed by atoms with E-state index in [1.807, 2.05) is 62.4 Å². The average molecular weight is 718 g/mol. The van der Waals surface area contributed by atoms with Crippen LogP contribution in [0.2, 0.25) is 0 Å². The predicted molar refractivity (Wildman–Crippen MR) is 208 cm³/mol. The minimum absolute atomic E-state index is 0.122. The molecule has 0 saturated carbocycles. The van der Waals surface area contributed by atoms with Crippen molar-refractivity contribution in [3.8, 4) is 28.4 Å². The molecule has 2 amide bonds. The fraction of sp³-hybridized carbons (Fsp3) is 0.333. The third kappa shape index (κ3) is 7.99. The van der Waals surface area contributed by atoms with Crippen LogP contribution in [-0.2, 0) is 28.9 Å². The molecule has 53 heavy (non-hydrogen) atoms. The summed E-state index contributed by atoms with van der Waals surface area (Å²) in [5.74, 6) is 1.69. The standard InChI is InChI=1S/C42H47N5O6/c1-7-24(2)39(42(50)44-28-15-18-32-34(22-28)46-37(45-32)20-13-26-11-9-8-10-12-26)47-33-19-16-29-30(23-35(33)49)31(43-25(3)48)17-14-27-21-36(51-4)40(52-5)41(53-6)38(27)29/h8-12,15-16,18-19,21-24,31,39H,7,13-14,17,20H2,1-6H3,(H,43,48)(H,44,50)(H,45,46)(H,47,49). The number of nitrogens with zero attached hydrogens (tertiary/aromatic N) is 1. The molecule has 0 spiro atoms. The summed E-state index contributed by atoms with van der Waals surface area (Å²) < 4.78 is 17.3. The maximum Gasteiger partial charge on any atom is 0.247 e. The van der Waals surface area contributed by atoms with Crippen LogP contribution in [0.25, 0.3) is 22.2 Å². The van der Waals surface area contributed by atoms with Gasteiger partial charge in [0, 0.05) is 24.6 Å². The van der Waals surface area contributed by atoms with E-state index < -0.39 is 12.1 Å². The first-order valence-corrected chi connectivity index (χ1v) is 18.0. The normalized spacial score (nSPS) is 14.6. The molecule has 1 aliphatic carbocycles. The topological polar surface area (TPSA) is 144 Å². The van der Waals surface area contributed by atoms with Gasteiger partial charge in [0.1, 0.15) is 11.9 Å². The van der Waals surface area contributed by atoms with Crippen LogP contribution >= 0.6 is 0 Å². The van der Waals surface area contributed by atoms with Crippen LogP contribution in [0.4, 0.5) is 11.4 Å². The number of amides is 2. The van der Waals surface area contributed by atoms with Gasteiger partial charge in [0.05, 0.1) is 44.1 Å². The number of benzene rings is 3. The molecule has 0 saturated heterocycles. The number of imidazole rings is 1. The van der Waals surface area contributed by atoms with Crippen molar-refractivity contribution in [3.63, 3.8) is 0 Å². The van der Waals surface area contributed by atoms with Gasteiger partial charge in [-0.1, -0.05) is 56.7 Å². The number of hydrogen-bond acceptors (Lipinski definition) is 8. The molecule has 1 heterocycles. The highest BCUT2D eigenvalue weighted by Crippen LogP contribution is 2.50. The van der Waals surface area contributed by atoms with Crippen LogP contribution in [0.1, 0.15) is 62.2 Å². The molecule has 0 radical (unpaired) electrons. The molecule has 5 aromatic rings. The maximum atomic E-state index is 14.1. The molecule has 4 aromatic carbocycles. The number of H-pyrrole nitrogens is 1. The van der Waals surface area contributed by atoms with Gasteiger partial charge >= 0.3 is 0 Å². The minimum Gasteiger partial charge on any atom is -0.493 e. The van der Waals surface area contributed by atoms with Crippen LogP contribution in [-0.4, -0.2) is 49.2 Å². The lowest BCUT2D eigenvalue weighted by molar-refractivity contribution is -0.120. The molecule has 0 fully saturated rings. The van der Waals surface area contributed by atoms with Gasteiger partial charge in [-0.25, -0.2) is 4.98 Å². The molecule has 276 valence electrons. The van der Waals surface area contributed by atoms with Crippen LogP contribution in [0.15, 0.2) is 77.6 Å². The second-order valence-electron chi connectivity index (χ2n) is 13.5. The van der Waals surface area contributed by atoms with E-state index >= 15 is 0 Å². The first-order chi connectivity index (χ1) is 25.6. The first kappa shape index (κ1) is 36.9. The third-order valence-electron chi connectivity index (χ3n) is 10.0. The van der Waals surface area contributed by atoms with E-state index in [9.17, 15) is 14.4 Å². The van der Waals surface area contributed by atoms with Gasteiger partial charge in [-0.15, -0.1) is 0 Å². The Morgan fingerprint density at radius 3 is 2.42 bits per heavy atom. The number of nitrogens with one attached hydrogen (secondary N) is 4. The van der Waals surface area contributed by atoms with Crippen molar-refractivity contribution in [2.75, 3.05) is 32.0 Å². The van der Waals surface area contributed by atoms with Gasteiger partial charge < -0.3 is 35.1 Å². The Morgan fingerprint density at radius 1 is 0.943 bits per heavy atom. The Kier molecular flexibility index (Phi) is 11.3. The van der Waals surface area contributed by atoms with E-state index in [-0.39, 0.29) is 28.8 Å². The predicted octanol–water partition coefficient (Wildman–Crippen LogP) is 6.99. The van der Waals surface area contributed by atoms with E-state index in [2.05, 4.69) is 33.1 Å². The third-order valence-corrected chi connectivity index (χ3v) is 10.0. The molecule has 4 N–H and O–H groups in total. The number of ether oxygens (including phenoxy) is 3. The monoisotopic (exact) mass is 717 g/mol. The Balaban J connectivity index is 1.32. The van der Waals surface area contributed by atoms with Gasteiger partial charge in [0.2, 0.25) is 23.0 Å². The Morgan fingerprint density at radius 2 is 1.72 bits per heavy atom. The lowest BCUT2D eigenvalue weighted by Gasteiger charge is -2.24. The fourth-order valence-electron chi connectivity index (χ4n) is 7.08. The largest absolute Gasteiger partial charge is 0.493 e. The first-order valence-electron chi connectivity index (χ1n) is 18.0. The summed E-state index contributed by atoms with van der Waals surface area (Å²) in [6.07, 6.45) is 3.45. The molecule has 3 atom stereocenters. The molecule has 0 aliphatic heterocycles. The number of carbonyl (C=O) groups excluding carboxylic acids is 2. The fourth-order valence-corrected chi connectivity index (χ4v) is 7.08. The Hall–Kier alpha value is -5.84. The van der Waals surface area contributed by atoms with E-state index in [1.54, 1.807) is 33.5 Å². The Bertz CT molecular complexity index is 2180. The van der Waals surface area contributed by atoms with Gasteiger partial charge in [0.15, 0.2) is 11.5 Å². The van der Waals surface area contributed by atoms with Crippen molar-refractivity contribution in [3.05, 3.63) is 106 Å². The van der Waals surface area contributed by atoms with Gasteiger partial charge in [-0.3, -0.25) is 14.4 Å². The number of aromatic amines is 1. The summed E-state index contributed by atoms with van der Waals surface area (Å²) in [6, 6.07) is 21.7. The van der Waals surface area contributed by atoms with E-state index in [0.29, 0.717) is 53.3 Å². The highest BCUT2D eigenvalue weighted by molar-refractivity contribution is 5.98. The molecule has 6 rings (SSSR count). The maximum absolute atomic E-state index is 14.1. The number of rotatable bonds is 13. The summed E-state index contributed by atoms with van der Waals surface area (Å²) in [5.41, 5.74) is 6.49. The lowest BCUT2D eigenvalue weighted by atomic mass is 9.95. The molecule has 11 nitrogen and oxygen atoms in total. The zero-order valence-electron chi connectivity index (χ0n) is 31.1. The average Bonchev–Trinajstić information content (AvgIpc) is 3.43. The van der Waals surface area contributed by atoms with Crippen LogP contribution in [0, 0.1) is 5.92 Å². The number of aromatic nitrogens is 2. The summed E-state index contributed by atoms with van der Waals surface area (Å²) >= 11 is 0. The van der Waals surface area contributed by atoms with E-state index in [1.165, 1.54) is 12.5 Å². The highest BCUT2D eigenvalue weighted by Gasteiger charge is 2.30. The SMILES string of the molecule is CCC(C)C(Nc1ccc2c(cc1=O)C(NC(C)=O)CCc1cc(OC)c(OC)c(OC)c1-2)C(=O)Nc1ccc2nc(CCc3ccccc3)[nH]c2c1. The smallest absolute Gasteiger partial charge is 0.247 e. The molecule has 3 unspecified atom stereocenters. The second-order valence-corrected chi connectivity index (χ2v) is 13.5. The van der Waals surface area contributed by atoms with Crippen molar-refractivity contribution in [2.45, 2.75) is 65.0 Å². The summed E-state index contributed by atoms with van der Waals surface area (Å²) in [6.45, 7) is 5.45. The minimum atomic E-state index is -0.730. The molecular weight excluding hydrogens is 670 g/mol. The number of fused-ring (bicyclic) bond motifs is 4. The summed E-state index contributed by atoms with van der Waals surface area (Å²) in [7, 11) is 4.68. The number of hydrogen-bond donors (Lipinski definition) is 4. The number of methoxy groups -OCH3 is 3. The quantitative estimate of drug-likeness (QED) is 0.102. The molecule has 11 heteroatoms. The van der Waals surface area contributed by atoms with Crippen molar-refractivity contribution >= 4 is 34.2 Å². The summed E-state index contributed by atoms with van der Waals surface area (Å²) in [5, 5.41) is 9.40. The number of carbonyl (C=O) groups is 2. The number of aryl methyl sites for hydroxylation is 3. The molecular formula is C42H47N5O6. The van der Waals surface area contributed by atoms with Gasteiger partial charge in [0.25, 0.3) is 0 Å². The van der Waals surface area contributed by atoms with Crippen LogP contribution < -0.4 is 35.6 Å². The van der Waals surface area contributed by atoms with E-state index in [0.717, 1.165) is 40.8 Å². The van der Waals surface area contributed by atoms with Gasteiger partial charge in [-0.2, -0.15) is 0 Å². The molecule has 0 bridgehead atoms. The zero-order valence-corrected chi connectivity index (χ0v) is 31.1. The Labute approximate surface area is 309 Å².